The van der Waals surface area contributed by atoms with E-state index < -0.39 is 0 Å². The molecule has 144 valence electrons. The van der Waals surface area contributed by atoms with Crippen LogP contribution in [-0.4, -0.2) is 25.5 Å². The molecule has 0 aliphatic heterocycles. The molecule has 5 rings (SSSR count). The summed E-state index contributed by atoms with van der Waals surface area (Å²) in [5, 5.41) is 12.1. The second kappa shape index (κ2) is 7.05. The first-order chi connectivity index (χ1) is 14.2. The molecule has 0 unspecified atom stereocenters. The third-order valence-corrected chi connectivity index (χ3v) is 5.17. The number of carbonyl (C=O) groups is 1. The molecule has 1 N–H and O–H groups in total. The number of benzene rings is 2. The fourth-order valence-electron chi connectivity index (χ4n) is 3.53. The van der Waals surface area contributed by atoms with Crippen molar-refractivity contribution in [3.05, 3.63) is 89.9 Å². The SMILES string of the molecule is Cc1cn(-c2ccccc2)nc1NC(=O)c1cnn(-c2ccccc2)c1C1CC1. The van der Waals surface area contributed by atoms with E-state index >= 15 is 0 Å². The Labute approximate surface area is 168 Å². The summed E-state index contributed by atoms with van der Waals surface area (Å²) in [7, 11) is 0. The van der Waals surface area contributed by atoms with Gasteiger partial charge in [0.25, 0.3) is 5.91 Å². The summed E-state index contributed by atoms with van der Waals surface area (Å²) in [4.78, 5) is 13.1. The van der Waals surface area contributed by atoms with Crippen LogP contribution in [0.15, 0.2) is 73.1 Å². The highest BCUT2D eigenvalue weighted by molar-refractivity contribution is 6.05. The number of rotatable bonds is 5. The average Bonchev–Trinajstić information content (AvgIpc) is 3.40. The summed E-state index contributed by atoms with van der Waals surface area (Å²) in [5.41, 5.74) is 4.43. The maximum Gasteiger partial charge on any atom is 0.260 e. The number of anilines is 1. The van der Waals surface area contributed by atoms with Gasteiger partial charge in [-0.2, -0.15) is 5.10 Å². The zero-order valence-corrected chi connectivity index (χ0v) is 16.1. The molecule has 1 aliphatic carbocycles. The van der Waals surface area contributed by atoms with E-state index in [1.165, 1.54) is 0 Å². The molecule has 0 atom stereocenters. The number of aryl methyl sites for hydroxylation is 1. The molecule has 1 fully saturated rings. The minimum Gasteiger partial charge on any atom is -0.305 e. The number of aromatic nitrogens is 4. The van der Waals surface area contributed by atoms with E-state index in [1.807, 2.05) is 78.5 Å². The van der Waals surface area contributed by atoms with Gasteiger partial charge >= 0.3 is 0 Å². The third kappa shape index (κ3) is 3.33. The van der Waals surface area contributed by atoms with E-state index in [0.29, 0.717) is 17.3 Å². The van der Waals surface area contributed by atoms with Crippen molar-refractivity contribution in [3.8, 4) is 11.4 Å². The molecule has 6 heteroatoms. The van der Waals surface area contributed by atoms with Crippen LogP contribution in [-0.2, 0) is 0 Å². The maximum absolute atomic E-state index is 13.1. The molecule has 0 radical (unpaired) electrons. The van der Waals surface area contributed by atoms with Crippen LogP contribution in [0.1, 0.15) is 40.4 Å². The number of para-hydroxylation sites is 2. The fraction of sp³-hybridized carbons (Fsp3) is 0.174. The lowest BCUT2D eigenvalue weighted by Gasteiger charge is -2.09. The molecule has 1 amide bonds. The molecule has 0 saturated heterocycles. The Balaban J connectivity index is 1.45. The van der Waals surface area contributed by atoms with Gasteiger partial charge in [-0.1, -0.05) is 36.4 Å². The molecule has 1 aliphatic rings. The number of hydrogen-bond donors (Lipinski definition) is 1. The second-order valence-electron chi connectivity index (χ2n) is 7.36. The Morgan fingerprint density at radius 3 is 2.31 bits per heavy atom. The van der Waals surface area contributed by atoms with Gasteiger partial charge in [-0.05, 0) is 44.0 Å². The van der Waals surface area contributed by atoms with Gasteiger partial charge < -0.3 is 5.32 Å². The average molecular weight is 383 g/mol. The van der Waals surface area contributed by atoms with Gasteiger partial charge in [-0.25, -0.2) is 9.36 Å². The maximum atomic E-state index is 13.1. The standard InChI is InChI=1S/C23H21N5O/c1-16-15-27(18-8-4-2-5-9-18)26-22(16)25-23(29)20-14-24-28(21(20)17-12-13-17)19-10-6-3-7-11-19/h2-11,14-15,17H,12-13H2,1H3,(H,25,26,29). The summed E-state index contributed by atoms with van der Waals surface area (Å²) in [5.74, 6) is 0.769. The predicted octanol–water partition coefficient (Wildman–Crippen LogP) is 4.50. The van der Waals surface area contributed by atoms with Crippen molar-refractivity contribution < 1.29 is 4.79 Å². The van der Waals surface area contributed by atoms with Gasteiger partial charge in [0, 0.05) is 17.7 Å². The molecule has 4 aromatic rings. The number of amides is 1. The first kappa shape index (κ1) is 17.4. The zero-order chi connectivity index (χ0) is 19.8. The Morgan fingerprint density at radius 1 is 1.00 bits per heavy atom. The van der Waals surface area contributed by atoms with Crippen LogP contribution >= 0.6 is 0 Å². The van der Waals surface area contributed by atoms with E-state index in [2.05, 4.69) is 15.5 Å². The summed E-state index contributed by atoms with van der Waals surface area (Å²) >= 11 is 0. The van der Waals surface area contributed by atoms with E-state index in [9.17, 15) is 4.79 Å². The van der Waals surface area contributed by atoms with Crippen LogP contribution in [0.4, 0.5) is 5.82 Å². The van der Waals surface area contributed by atoms with Crippen LogP contribution in [0.25, 0.3) is 11.4 Å². The zero-order valence-electron chi connectivity index (χ0n) is 16.1. The van der Waals surface area contributed by atoms with Crippen molar-refractivity contribution >= 4 is 11.7 Å². The van der Waals surface area contributed by atoms with Crippen LogP contribution < -0.4 is 5.32 Å². The number of nitrogens with one attached hydrogen (secondary N) is 1. The largest absolute Gasteiger partial charge is 0.305 e. The predicted molar refractivity (Wildman–Crippen MR) is 112 cm³/mol. The molecule has 0 bridgehead atoms. The molecule has 2 aromatic carbocycles. The first-order valence-electron chi connectivity index (χ1n) is 9.77. The van der Waals surface area contributed by atoms with Crippen molar-refractivity contribution in [3.63, 3.8) is 0 Å². The van der Waals surface area contributed by atoms with Crippen molar-refractivity contribution in [1.82, 2.24) is 19.6 Å². The Kier molecular flexibility index (Phi) is 4.24. The molecular formula is C23H21N5O. The monoisotopic (exact) mass is 383 g/mol. The molecule has 0 spiro atoms. The number of carbonyl (C=O) groups excluding carboxylic acids is 1. The van der Waals surface area contributed by atoms with Crippen molar-refractivity contribution in [2.24, 2.45) is 0 Å². The van der Waals surface area contributed by atoms with E-state index in [-0.39, 0.29) is 5.91 Å². The lowest BCUT2D eigenvalue weighted by atomic mass is 10.1. The summed E-state index contributed by atoms with van der Waals surface area (Å²) < 4.78 is 3.67. The topological polar surface area (TPSA) is 64.7 Å². The van der Waals surface area contributed by atoms with E-state index in [4.69, 9.17) is 0 Å². The highest BCUT2D eigenvalue weighted by atomic mass is 16.1. The molecule has 2 aromatic heterocycles. The second-order valence-corrected chi connectivity index (χ2v) is 7.36. The highest BCUT2D eigenvalue weighted by Crippen LogP contribution is 2.42. The van der Waals surface area contributed by atoms with Crippen LogP contribution in [0, 0.1) is 6.92 Å². The lowest BCUT2D eigenvalue weighted by molar-refractivity contribution is 0.102. The number of hydrogen-bond acceptors (Lipinski definition) is 3. The summed E-state index contributed by atoms with van der Waals surface area (Å²) in [6.07, 6.45) is 5.75. The molecule has 29 heavy (non-hydrogen) atoms. The minimum atomic E-state index is -0.171. The van der Waals surface area contributed by atoms with Crippen molar-refractivity contribution in [2.45, 2.75) is 25.7 Å². The lowest BCUT2D eigenvalue weighted by Crippen LogP contribution is -2.15. The van der Waals surface area contributed by atoms with Crippen LogP contribution in [0.5, 0.6) is 0 Å². The summed E-state index contributed by atoms with van der Waals surface area (Å²) in [6, 6.07) is 19.8. The van der Waals surface area contributed by atoms with Crippen LogP contribution in [0.3, 0.4) is 0 Å². The van der Waals surface area contributed by atoms with Gasteiger partial charge in [0.15, 0.2) is 5.82 Å². The normalized spacial score (nSPS) is 13.4. The van der Waals surface area contributed by atoms with E-state index in [0.717, 1.165) is 35.5 Å². The molecular weight excluding hydrogens is 362 g/mol. The van der Waals surface area contributed by atoms with E-state index in [1.54, 1.807) is 10.9 Å². The highest BCUT2D eigenvalue weighted by Gasteiger charge is 2.33. The minimum absolute atomic E-state index is 0.171. The van der Waals surface area contributed by atoms with Gasteiger partial charge in [0.05, 0.1) is 28.8 Å². The first-order valence-corrected chi connectivity index (χ1v) is 9.77. The van der Waals surface area contributed by atoms with Gasteiger partial charge in [0.1, 0.15) is 0 Å². The van der Waals surface area contributed by atoms with Gasteiger partial charge in [-0.3, -0.25) is 4.79 Å². The van der Waals surface area contributed by atoms with Crippen molar-refractivity contribution in [2.75, 3.05) is 5.32 Å². The van der Waals surface area contributed by atoms with Crippen LogP contribution in [0.2, 0.25) is 0 Å². The summed E-state index contributed by atoms with van der Waals surface area (Å²) in [6.45, 7) is 1.94. The third-order valence-electron chi connectivity index (χ3n) is 5.17. The Morgan fingerprint density at radius 2 is 1.66 bits per heavy atom. The quantitative estimate of drug-likeness (QED) is 0.552. The molecule has 1 saturated carbocycles. The molecule has 6 nitrogen and oxygen atoms in total. The van der Waals surface area contributed by atoms with Gasteiger partial charge in [0.2, 0.25) is 0 Å². The Hall–Kier alpha value is -3.67. The Bertz CT molecular complexity index is 1160. The fourth-order valence-corrected chi connectivity index (χ4v) is 3.53. The number of nitrogens with zero attached hydrogens (tertiary/aromatic N) is 4. The van der Waals surface area contributed by atoms with Gasteiger partial charge in [-0.15, -0.1) is 5.10 Å². The van der Waals surface area contributed by atoms with Crippen molar-refractivity contribution in [1.29, 1.82) is 0 Å². The molecule has 2 heterocycles. The smallest absolute Gasteiger partial charge is 0.260 e.